The number of carbonyl (C=O) groups is 1. The lowest BCUT2D eigenvalue weighted by Crippen LogP contribution is -2.20. The van der Waals surface area contributed by atoms with Gasteiger partial charge in [-0.2, -0.15) is 0 Å². The number of aliphatic hydroxyl groups is 1. The average Bonchev–Trinajstić information content (AvgIpc) is 2.73. The third-order valence-electron chi connectivity index (χ3n) is 3.06. The number of Topliss-reactive ketones (excluding diaryl/α,β-unsaturated/α-hetero) is 1. The molecule has 2 rings (SSSR count). The number of thiophene rings is 1. The SMILES string of the molecule is CC(C)(C)N=CC1=C(O)CC(c2ccc(Br)s2)CC1=O. The lowest BCUT2D eigenvalue weighted by molar-refractivity contribution is -0.116. The molecule has 1 N–H and O–H groups in total. The van der Waals surface area contributed by atoms with Crippen LogP contribution in [0.4, 0.5) is 0 Å². The van der Waals surface area contributed by atoms with Crippen LogP contribution in [0.2, 0.25) is 0 Å². The third-order valence-corrected chi connectivity index (χ3v) is 4.85. The lowest BCUT2D eigenvalue weighted by Gasteiger charge is -2.21. The molecule has 0 aromatic carbocycles. The molecule has 3 nitrogen and oxygen atoms in total. The second kappa shape index (κ2) is 5.82. The fraction of sp³-hybridized carbons (Fsp3) is 0.467. The summed E-state index contributed by atoms with van der Waals surface area (Å²) in [6, 6.07) is 3.98. The molecule has 1 aliphatic carbocycles. The molecule has 0 amide bonds. The minimum absolute atomic E-state index is 0.0312. The third kappa shape index (κ3) is 3.79. The van der Waals surface area contributed by atoms with Crippen LogP contribution in [0, 0.1) is 0 Å². The summed E-state index contributed by atoms with van der Waals surface area (Å²) in [5.74, 6) is 0.200. The Morgan fingerprint density at radius 1 is 1.40 bits per heavy atom. The molecule has 5 heteroatoms. The number of hydrogen-bond donors (Lipinski definition) is 1. The van der Waals surface area contributed by atoms with E-state index >= 15 is 0 Å². The number of aliphatic hydroxyl groups excluding tert-OH is 1. The first-order chi connectivity index (χ1) is 9.26. The van der Waals surface area contributed by atoms with Gasteiger partial charge in [-0.3, -0.25) is 9.79 Å². The molecule has 0 spiro atoms. The predicted molar refractivity (Wildman–Crippen MR) is 86.9 cm³/mol. The van der Waals surface area contributed by atoms with E-state index in [2.05, 4.69) is 20.9 Å². The molecule has 20 heavy (non-hydrogen) atoms. The fourth-order valence-corrected chi connectivity index (χ4v) is 3.59. The van der Waals surface area contributed by atoms with Gasteiger partial charge in [0.1, 0.15) is 5.76 Å². The van der Waals surface area contributed by atoms with Crippen molar-refractivity contribution in [3.05, 3.63) is 32.1 Å². The van der Waals surface area contributed by atoms with E-state index in [9.17, 15) is 9.90 Å². The summed E-state index contributed by atoms with van der Waals surface area (Å²) in [5.41, 5.74) is 0.120. The van der Waals surface area contributed by atoms with Crippen LogP contribution in [0.1, 0.15) is 44.4 Å². The smallest absolute Gasteiger partial charge is 0.168 e. The van der Waals surface area contributed by atoms with Crippen LogP contribution >= 0.6 is 27.3 Å². The van der Waals surface area contributed by atoms with Gasteiger partial charge in [0.15, 0.2) is 5.78 Å². The number of allylic oxidation sites excluding steroid dienone is 2. The van der Waals surface area contributed by atoms with Gasteiger partial charge in [0.05, 0.1) is 14.9 Å². The van der Waals surface area contributed by atoms with Crippen LogP contribution in [0.5, 0.6) is 0 Å². The van der Waals surface area contributed by atoms with Gasteiger partial charge in [0, 0.05) is 29.9 Å². The molecule has 1 heterocycles. The first-order valence-corrected chi connectivity index (χ1v) is 8.13. The maximum absolute atomic E-state index is 12.2. The number of carbonyl (C=O) groups excluding carboxylic acids is 1. The van der Waals surface area contributed by atoms with Gasteiger partial charge in [-0.25, -0.2) is 0 Å². The molecule has 1 atom stereocenters. The summed E-state index contributed by atoms with van der Waals surface area (Å²) >= 11 is 5.04. The molecule has 0 aliphatic heterocycles. The van der Waals surface area contributed by atoms with Gasteiger partial charge in [0.2, 0.25) is 0 Å². The minimum Gasteiger partial charge on any atom is -0.511 e. The van der Waals surface area contributed by atoms with Gasteiger partial charge in [-0.05, 0) is 48.8 Å². The van der Waals surface area contributed by atoms with Crippen molar-refractivity contribution in [2.45, 2.75) is 45.1 Å². The fourth-order valence-electron chi connectivity index (χ4n) is 2.06. The zero-order valence-corrected chi connectivity index (χ0v) is 14.2. The summed E-state index contributed by atoms with van der Waals surface area (Å²) in [4.78, 5) is 17.6. The Kier molecular flexibility index (Phi) is 4.49. The number of ketones is 1. The highest BCUT2D eigenvalue weighted by atomic mass is 79.9. The molecule has 0 bridgehead atoms. The lowest BCUT2D eigenvalue weighted by atomic mass is 9.86. The molecule has 108 valence electrons. The van der Waals surface area contributed by atoms with Crippen molar-refractivity contribution in [2.24, 2.45) is 4.99 Å². The quantitative estimate of drug-likeness (QED) is 0.785. The molecule has 0 radical (unpaired) electrons. The van der Waals surface area contributed by atoms with Gasteiger partial charge < -0.3 is 5.11 Å². The van der Waals surface area contributed by atoms with Crippen LogP contribution in [-0.4, -0.2) is 22.6 Å². The monoisotopic (exact) mass is 355 g/mol. The summed E-state index contributed by atoms with van der Waals surface area (Å²) in [7, 11) is 0. The molecule has 0 fully saturated rings. The molecule has 1 aromatic heterocycles. The van der Waals surface area contributed by atoms with E-state index in [1.165, 1.54) is 6.21 Å². The molecule has 1 aliphatic rings. The molecule has 0 saturated carbocycles. The van der Waals surface area contributed by atoms with E-state index < -0.39 is 0 Å². The Labute approximate surface area is 131 Å². The second-order valence-corrected chi connectivity index (χ2v) is 8.45. The highest BCUT2D eigenvalue weighted by Crippen LogP contribution is 2.37. The molecule has 0 saturated heterocycles. The van der Waals surface area contributed by atoms with Gasteiger partial charge >= 0.3 is 0 Å². The van der Waals surface area contributed by atoms with Crippen molar-refractivity contribution in [2.75, 3.05) is 0 Å². The number of rotatable bonds is 2. The number of aliphatic imine (C=N–C) groups is 1. The van der Waals surface area contributed by atoms with Crippen LogP contribution in [0.25, 0.3) is 0 Å². The highest BCUT2D eigenvalue weighted by molar-refractivity contribution is 9.11. The van der Waals surface area contributed by atoms with E-state index in [0.717, 1.165) is 8.66 Å². The first-order valence-electron chi connectivity index (χ1n) is 6.52. The van der Waals surface area contributed by atoms with Crippen molar-refractivity contribution in [3.8, 4) is 0 Å². The standard InChI is InChI=1S/C15H18BrNO2S/c1-15(2,3)17-8-10-11(18)6-9(7-12(10)19)13-4-5-14(16)20-13/h4-5,8-9,18H,6-7H2,1-3H3. The Bertz CT molecular complexity index is 581. The van der Waals surface area contributed by atoms with E-state index in [4.69, 9.17) is 0 Å². The maximum Gasteiger partial charge on any atom is 0.168 e. The molecule has 1 aromatic rings. The van der Waals surface area contributed by atoms with E-state index in [-0.39, 0.29) is 23.0 Å². The van der Waals surface area contributed by atoms with Crippen LogP contribution in [0.3, 0.4) is 0 Å². The summed E-state index contributed by atoms with van der Waals surface area (Å²) in [5, 5.41) is 10.1. The van der Waals surface area contributed by atoms with Gasteiger partial charge in [0.25, 0.3) is 0 Å². The Morgan fingerprint density at radius 3 is 2.60 bits per heavy atom. The van der Waals surface area contributed by atoms with Crippen molar-refractivity contribution in [1.82, 2.24) is 0 Å². The molecule has 1 unspecified atom stereocenters. The van der Waals surface area contributed by atoms with Crippen molar-refractivity contribution >= 4 is 39.3 Å². The summed E-state index contributed by atoms with van der Waals surface area (Å²) in [6.45, 7) is 5.88. The average molecular weight is 356 g/mol. The zero-order chi connectivity index (χ0) is 14.9. The topological polar surface area (TPSA) is 49.7 Å². The Hall–Kier alpha value is -0.940. The number of nitrogens with zero attached hydrogens (tertiary/aromatic N) is 1. The van der Waals surface area contributed by atoms with Crippen molar-refractivity contribution in [1.29, 1.82) is 0 Å². The Morgan fingerprint density at radius 2 is 2.10 bits per heavy atom. The highest BCUT2D eigenvalue weighted by Gasteiger charge is 2.28. The van der Waals surface area contributed by atoms with E-state index in [0.29, 0.717) is 18.4 Å². The maximum atomic E-state index is 12.2. The normalized spacial score (nSPS) is 21.0. The number of halogens is 1. The molecular formula is C15H18BrNO2S. The second-order valence-electron chi connectivity index (χ2n) is 5.96. The van der Waals surface area contributed by atoms with Crippen LogP contribution < -0.4 is 0 Å². The first kappa shape index (κ1) is 15.4. The van der Waals surface area contributed by atoms with E-state index in [1.807, 2.05) is 32.9 Å². The van der Waals surface area contributed by atoms with Gasteiger partial charge in [-0.15, -0.1) is 11.3 Å². The predicted octanol–water partition coefficient (Wildman–Crippen LogP) is 4.64. The van der Waals surface area contributed by atoms with E-state index in [1.54, 1.807) is 11.3 Å². The summed E-state index contributed by atoms with van der Waals surface area (Å²) < 4.78 is 1.04. The summed E-state index contributed by atoms with van der Waals surface area (Å²) in [6.07, 6.45) is 2.46. The Balaban J connectivity index is 2.21. The zero-order valence-electron chi connectivity index (χ0n) is 11.8. The van der Waals surface area contributed by atoms with Crippen molar-refractivity contribution < 1.29 is 9.90 Å². The van der Waals surface area contributed by atoms with Crippen molar-refractivity contribution in [3.63, 3.8) is 0 Å². The van der Waals surface area contributed by atoms with Crippen LogP contribution in [0.15, 0.2) is 32.2 Å². The molecular weight excluding hydrogens is 338 g/mol. The van der Waals surface area contributed by atoms with Crippen LogP contribution in [-0.2, 0) is 4.79 Å². The minimum atomic E-state index is -0.247. The number of hydrogen-bond acceptors (Lipinski definition) is 4. The van der Waals surface area contributed by atoms with Gasteiger partial charge in [-0.1, -0.05) is 0 Å². The largest absolute Gasteiger partial charge is 0.511 e.